The second kappa shape index (κ2) is 6.82. The normalized spacial score (nSPS) is 31.2. The molecule has 0 spiro atoms. The van der Waals surface area contributed by atoms with Crippen molar-refractivity contribution in [2.45, 2.75) is 31.9 Å². The van der Waals surface area contributed by atoms with Crippen LogP contribution in [0.1, 0.15) is 24.8 Å². The first-order valence-corrected chi connectivity index (χ1v) is 8.96. The average molecular weight is 334 g/mol. The lowest BCUT2D eigenvalue weighted by atomic mass is 9.79. The monoisotopic (exact) mass is 334 g/mol. The fraction of sp³-hybridized carbons (Fsp3) is 0.765. The number of aromatic nitrogens is 2. The van der Waals surface area contributed by atoms with E-state index in [0.717, 1.165) is 45.4 Å². The van der Waals surface area contributed by atoms with Gasteiger partial charge in [0, 0.05) is 56.9 Å². The number of fused-ring (bicyclic) bond motifs is 1. The molecule has 3 saturated heterocycles. The summed E-state index contributed by atoms with van der Waals surface area (Å²) in [4.78, 5) is 20.8. The van der Waals surface area contributed by atoms with Crippen LogP contribution < -0.4 is 0 Å². The summed E-state index contributed by atoms with van der Waals surface area (Å²) >= 11 is 0. The van der Waals surface area contributed by atoms with Crippen LogP contribution in [0.2, 0.25) is 0 Å². The van der Waals surface area contributed by atoms with Crippen LogP contribution >= 0.6 is 0 Å². The highest BCUT2D eigenvalue weighted by Gasteiger charge is 2.43. The standard InChI is InChI=1S/C17H26N4O3/c1-19-10-13(9-18-19)11-20-6-3-16-15(12-20)14(4-8-23-16)17(22)21-5-2-7-24-21/h9-10,14-16H,2-8,11-12H2,1H3/t14-,15+,16-/m1/s1. The first-order valence-electron chi connectivity index (χ1n) is 8.96. The predicted octanol–water partition coefficient (Wildman–Crippen LogP) is 0.811. The molecule has 3 aliphatic heterocycles. The van der Waals surface area contributed by atoms with Crippen molar-refractivity contribution in [2.75, 3.05) is 32.8 Å². The van der Waals surface area contributed by atoms with Gasteiger partial charge in [0.1, 0.15) is 0 Å². The van der Waals surface area contributed by atoms with Gasteiger partial charge < -0.3 is 4.74 Å². The van der Waals surface area contributed by atoms with Crippen LogP contribution in [-0.4, -0.2) is 64.6 Å². The highest BCUT2D eigenvalue weighted by Crippen LogP contribution is 2.35. The summed E-state index contributed by atoms with van der Waals surface area (Å²) in [6, 6.07) is 0. The molecule has 0 aromatic carbocycles. The zero-order valence-corrected chi connectivity index (χ0v) is 14.3. The van der Waals surface area contributed by atoms with Gasteiger partial charge in [-0.2, -0.15) is 5.10 Å². The lowest BCUT2D eigenvalue weighted by Gasteiger charge is -2.45. The van der Waals surface area contributed by atoms with Gasteiger partial charge in [-0.15, -0.1) is 0 Å². The summed E-state index contributed by atoms with van der Waals surface area (Å²) in [6.07, 6.45) is 6.93. The van der Waals surface area contributed by atoms with Crippen LogP contribution in [0.15, 0.2) is 12.4 Å². The maximum Gasteiger partial charge on any atom is 0.249 e. The fourth-order valence-corrected chi connectivity index (χ4v) is 4.25. The third-order valence-corrected chi connectivity index (χ3v) is 5.43. The predicted molar refractivity (Wildman–Crippen MR) is 86.7 cm³/mol. The van der Waals surface area contributed by atoms with Gasteiger partial charge >= 0.3 is 0 Å². The first kappa shape index (κ1) is 16.1. The third-order valence-electron chi connectivity index (χ3n) is 5.43. The molecule has 0 unspecified atom stereocenters. The second-order valence-electron chi connectivity index (χ2n) is 7.14. The summed E-state index contributed by atoms with van der Waals surface area (Å²) < 4.78 is 7.81. The van der Waals surface area contributed by atoms with Crippen LogP contribution in [0, 0.1) is 11.8 Å². The van der Waals surface area contributed by atoms with Crippen molar-refractivity contribution in [1.29, 1.82) is 0 Å². The van der Waals surface area contributed by atoms with Crippen molar-refractivity contribution >= 4 is 5.91 Å². The molecule has 7 nitrogen and oxygen atoms in total. The first-order chi connectivity index (χ1) is 11.7. The quantitative estimate of drug-likeness (QED) is 0.819. The molecule has 1 aromatic rings. The lowest BCUT2D eigenvalue weighted by molar-refractivity contribution is -0.185. The van der Waals surface area contributed by atoms with E-state index < -0.39 is 0 Å². The van der Waals surface area contributed by atoms with Gasteiger partial charge in [0.05, 0.1) is 25.5 Å². The minimum atomic E-state index is 0.0264. The molecule has 3 aliphatic rings. The molecule has 24 heavy (non-hydrogen) atoms. The molecular formula is C17H26N4O3. The summed E-state index contributed by atoms with van der Waals surface area (Å²) in [6.45, 7) is 4.89. The zero-order valence-electron chi connectivity index (χ0n) is 14.3. The molecule has 0 saturated carbocycles. The minimum Gasteiger partial charge on any atom is -0.378 e. The Morgan fingerprint density at radius 1 is 1.33 bits per heavy atom. The Balaban J connectivity index is 1.43. The molecule has 0 N–H and O–H groups in total. The molecule has 132 valence electrons. The lowest BCUT2D eigenvalue weighted by Crippen LogP contribution is -2.53. The summed E-state index contributed by atoms with van der Waals surface area (Å²) in [5.74, 6) is 0.452. The van der Waals surface area contributed by atoms with Gasteiger partial charge in [-0.25, -0.2) is 5.06 Å². The Labute approximate surface area is 142 Å². The van der Waals surface area contributed by atoms with Crippen LogP contribution in [-0.2, 0) is 28.0 Å². The number of piperidine rings is 1. The Kier molecular flexibility index (Phi) is 4.56. The Morgan fingerprint density at radius 3 is 3.00 bits per heavy atom. The molecule has 3 fully saturated rings. The number of hydroxylamine groups is 2. The van der Waals surface area contributed by atoms with E-state index in [9.17, 15) is 4.79 Å². The number of hydrogen-bond acceptors (Lipinski definition) is 5. The van der Waals surface area contributed by atoms with E-state index in [-0.39, 0.29) is 23.8 Å². The van der Waals surface area contributed by atoms with Crippen LogP contribution in [0.3, 0.4) is 0 Å². The van der Waals surface area contributed by atoms with E-state index >= 15 is 0 Å². The van der Waals surface area contributed by atoms with Crippen molar-refractivity contribution in [3.63, 3.8) is 0 Å². The van der Waals surface area contributed by atoms with Crippen LogP contribution in [0.5, 0.6) is 0 Å². The largest absolute Gasteiger partial charge is 0.378 e. The third kappa shape index (κ3) is 3.20. The van der Waals surface area contributed by atoms with Crippen molar-refractivity contribution in [1.82, 2.24) is 19.7 Å². The van der Waals surface area contributed by atoms with Gasteiger partial charge in [-0.05, 0) is 19.3 Å². The van der Waals surface area contributed by atoms with Gasteiger partial charge in [0.2, 0.25) is 5.91 Å². The number of likely N-dealkylation sites (tertiary alicyclic amines) is 1. The maximum absolute atomic E-state index is 12.8. The number of rotatable bonds is 3. The Hall–Kier alpha value is -1.44. The molecule has 1 aromatic heterocycles. The number of amides is 1. The fourth-order valence-electron chi connectivity index (χ4n) is 4.25. The van der Waals surface area contributed by atoms with Gasteiger partial charge in [-0.3, -0.25) is 19.2 Å². The van der Waals surface area contributed by atoms with Gasteiger partial charge in [0.25, 0.3) is 0 Å². The number of aryl methyl sites for hydroxylation is 1. The van der Waals surface area contributed by atoms with Gasteiger partial charge in [0.15, 0.2) is 0 Å². The van der Waals surface area contributed by atoms with Crippen LogP contribution in [0.4, 0.5) is 0 Å². The molecule has 7 heteroatoms. The second-order valence-corrected chi connectivity index (χ2v) is 7.14. The van der Waals surface area contributed by atoms with E-state index in [1.807, 2.05) is 17.9 Å². The average Bonchev–Trinajstić information content (AvgIpc) is 3.25. The highest BCUT2D eigenvalue weighted by atomic mass is 16.7. The van der Waals surface area contributed by atoms with Crippen LogP contribution in [0.25, 0.3) is 0 Å². The number of carbonyl (C=O) groups is 1. The maximum atomic E-state index is 12.8. The van der Waals surface area contributed by atoms with Crippen molar-refractivity contribution in [3.8, 4) is 0 Å². The number of hydrogen-bond donors (Lipinski definition) is 0. The van der Waals surface area contributed by atoms with E-state index in [4.69, 9.17) is 9.57 Å². The summed E-state index contributed by atoms with van der Waals surface area (Å²) in [5.41, 5.74) is 1.22. The van der Waals surface area contributed by atoms with Crippen molar-refractivity contribution < 1.29 is 14.4 Å². The molecule has 1 amide bonds. The minimum absolute atomic E-state index is 0.0264. The summed E-state index contributed by atoms with van der Waals surface area (Å²) in [7, 11) is 1.94. The number of nitrogens with zero attached hydrogens (tertiary/aromatic N) is 4. The summed E-state index contributed by atoms with van der Waals surface area (Å²) in [5, 5.41) is 5.84. The number of carbonyl (C=O) groups excluding carboxylic acids is 1. The Morgan fingerprint density at radius 2 is 2.25 bits per heavy atom. The van der Waals surface area contributed by atoms with E-state index in [2.05, 4.69) is 16.2 Å². The number of ether oxygens (including phenoxy) is 1. The molecule has 4 rings (SSSR count). The molecular weight excluding hydrogens is 308 g/mol. The van der Waals surface area contributed by atoms with Crippen molar-refractivity contribution in [3.05, 3.63) is 18.0 Å². The molecule has 3 atom stereocenters. The topological polar surface area (TPSA) is 59.8 Å². The van der Waals surface area contributed by atoms with Gasteiger partial charge in [-0.1, -0.05) is 0 Å². The zero-order chi connectivity index (χ0) is 16.5. The molecule has 0 radical (unpaired) electrons. The SMILES string of the molecule is Cn1cc(CN2CC[C@H]3OCC[C@@H](C(=O)N4CCCO4)[C@@H]3C2)cn1. The van der Waals surface area contributed by atoms with E-state index in [0.29, 0.717) is 13.2 Å². The van der Waals surface area contributed by atoms with E-state index in [1.165, 1.54) is 5.56 Å². The Bertz CT molecular complexity index is 584. The van der Waals surface area contributed by atoms with E-state index in [1.54, 1.807) is 5.06 Å². The molecule has 0 bridgehead atoms. The molecule has 4 heterocycles. The molecule has 0 aliphatic carbocycles. The van der Waals surface area contributed by atoms with Crippen molar-refractivity contribution in [2.24, 2.45) is 18.9 Å². The smallest absolute Gasteiger partial charge is 0.249 e. The highest BCUT2D eigenvalue weighted by molar-refractivity contribution is 5.78.